The highest BCUT2D eigenvalue weighted by Gasteiger charge is 2.18. The molecule has 1 aromatic carbocycles. The zero-order valence-electron chi connectivity index (χ0n) is 9.98. The van der Waals surface area contributed by atoms with Crippen LogP contribution in [0.4, 0.5) is 0 Å². The molecule has 0 fully saturated rings. The van der Waals surface area contributed by atoms with Crippen LogP contribution in [0, 0.1) is 0 Å². The first-order chi connectivity index (χ1) is 8.16. The lowest BCUT2D eigenvalue weighted by Gasteiger charge is -2.07. The van der Waals surface area contributed by atoms with E-state index < -0.39 is 6.10 Å². The number of aliphatic hydroxyl groups is 1. The van der Waals surface area contributed by atoms with Crippen LogP contribution in [0.2, 0.25) is 5.15 Å². The Morgan fingerprint density at radius 1 is 1.41 bits per heavy atom. The largest absolute Gasteiger partial charge is 0.389 e. The third-order valence-electron chi connectivity index (χ3n) is 2.88. The van der Waals surface area contributed by atoms with E-state index in [0.29, 0.717) is 18.3 Å². The summed E-state index contributed by atoms with van der Waals surface area (Å²) in [4.78, 5) is 0. The van der Waals surface area contributed by atoms with Crippen molar-refractivity contribution < 1.29 is 9.84 Å². The van der Waals surface area contributed by atoms with E-state index in [-0.39, 0.29) is 0 Å². The normalized spacial score (nSPS) is 13.2. The van der Waals surface area contributed by atoms with Crippen LogP contribution >= 0.6 is 11.6 Å². The highest BCUT2D eigenvalue weighted by Crippen LogP contribution is 2.34. The molecule has 3 nitrogen and oxygen atoms in total. The molecular weight excluding hydrogens is 238 g/mol. The highest BCUT2D eigenvalue weighted by molar-refractivity contribution is 6.32. The fraction of sp³-hybridized carbons (Fsp3) is 0.385. The number of hydrogen-bond acceptors (Lipinski definition) is 2. The van der Waals surface area contributed by atoms with E-state index in [9.17, 15) is 5.11 Å². The van der Waals surface area contributed by atoms with E-state index in [1.807, 2.05) is 28.8 Å². The smallest absolute Gasteiger partial charge is 0.115 e. The van der Waals surface area contributed by atoms with Gasteiger partial charge < -0.3 is 14.4 Å². The Morgan fingerprint density at radius 2 is 2.12 bits per heavy atom. The van der Waals surface area contributed by atoms with Crippen molar-refractivity contribution in [1.29, 1.82) is 0 Å². The summed E-state index contributed by atoms with van der Waals surface area (Å²) in [7, 11) is 1.66. The van der Waals surface area contributed by atoms with Crippen LogP contribution in [0.3, 0.4) is 0 Å². The molecule has 92 valence electrons. The van der Waals surface area contributed by atoms with Gasteiger partial charge in [-0.15, -0.1) is 0 Å². The van der Waals surface area contributed by atoms with Crippen molar-refractivity contribution in [2.24, 2.45) is 0 Å². The van der Waals surface area contributed by atoms with Gasteiger partial charge in [0.05, 0.1) is 12.7 Å². The van der Waals surface area contributed by atoms with E-state index in [0.717, 1.165) is 16.5 Å². The number of aromatic nitrogens is 1. The molecule has 17 heavy (non-hydrogen) atoms. The van der Waals surface area contributed by atoms with Crippen molar-refractivity contribution in [3.8, 4) is 0 Å². The van der Waals surface area contributed by atoms with E-state index >= 15 is 0 Å². The Morgan fingerprint density at radius 3 is 2.76 bits per heavy atom. The lowest BCUT2D eigenvalue weighted by atomic mass is 10.1. The van der Waals surface area contributed by atoms with Crippen molar-refractivity contribution in [2.45, 2.75) is 19.6 Å². The summed E-state index contributed by atoms with van der Waals surface area (Å²) in [5.41, 5.74) is 1.82. The van der Waals surface area contributed by atoms with Crippen molar-refractivity contribution >= 4 is 22.5 Å². The van der Waals surface area contributed by atoms with Crippen molar-refractivity contribution in [1.82, 2.24) is 4.57 Å². The van der Waals surface area contributed by atoms with Crippen LogP contribution in [-0.2, 0) is 11.3 Å². The summed E-state index contributed by atoms with van der Waals surface area (Å²) in [5.74, 6) is 0. The van der Waals surface area contributed by atoms with Crippen LogP contribution in [0.1, 0.15) is 18.6 Å². The fourth-order valence-corrected chi connectivity index (χ4v) is 2.53. The molecule has 1 heterocycles. The second kappa shape index (κ2) is 5.08. The Kier molecular flexibility index (Phi) is 3.72. The summed E-state index contributed by atoms with van der Waals surface area (Å²) in [6.45, 7) is 3.01. The Hall–Kier alpha value is -1.03. The SMILES string of the molecule is COCCn1c(Cl)c(C(C)O)c2ccccc21. The molecule has 1 N–H and O–H groups in total. The number of fused-ring (bicyclic) bond motifs is 1. The Bertz CT molecular complexity index is 519. The van der Waals surface area contributed by atoms with Gasteiger partial charge in [-0.05, 0) is 13.0 Å². The molecule has 0 aliphatic heterocycles. The second-order valence-corrected chi connectivity index (χ2v) is 4.40. The van der Waals surface area contributed by atoms with Gasteiger partial charge in [-0.2, -0.15) is 0 Å². The minimum Gasteiger partial charge on any atom is -0.389 e. The van der Waals surface area contributed by atoms with Gasteiger partial charge in [0.2, 0.25) is 0 Å². The van der Waals surface area contributed by atoms with Crippen molar-refractivity contribution in [3.05, 3.63) is 35.0 Å². The van der Waals surface area contributed by atoms with Crippen LogP contribution < -0.4 is 0 Å². The van der Waals surface area contributed by atoms with Gasteiger partial charge in [0.25, 0.3) is 0 Å². The zero-order chi connectivity index (χ0) is 12.4. The molecule has 4 heteroatoms. The van der Waals surface area contributed by atoms with Crippen LogP contribution in [0.5, 0.6) is 0 Å². The lowest BCUT2D eigenvalue weighted by molar-refractivity contribution is 0.187. The van der Waals surface area contributed by atoms with Crippen molar-refractivity contribution in [2.75, 3.05) is 13.7 Å². The molecular formula is C13H16ClNO2. The van der Waals surface area contributed by atoms with Crippen molar-refractivity contribution in [3.63, 3.8) is 0 Å². The minimum atomic E-state index is -0.573. The molecule has 0 saturated carbocycles. The fourth-order valence-electron chi connectivity index (χ4n) is 2.10. The highest BCUT2D eigenvalue weighted by atomic mass is 35.5. The maximum atomic E-state index is 9.81. The van der Waals surface area contributed by atoms with Gasteiger partial charge in [0.1, 0.15) is 5.15 Å². The monoisotopic (exact) mass is 253 g/mol. The summed E-state index contributed by atoms with van der Waals surface area (Å²) in [6.07, 6.45) is -0.573. The number of methoxy groups -OCH3 is 1. The van der Waals surface area contributed by atoms with Gasteiger partial charge in [-0.3, -0.25) is 0 Å². The number of benzene rings is 1. The Labute approximate surface area is 106 Å². The van der Waals surface area contributed by atoms with Gasteiger partial charge >= 0.3 is 0 Å². The number of halogens is 1. The van der Waals surface area contributed by atoms with Gasteiger partial charge in [0.15, 0.2) is 0 Å². The summed E-state index contributed by atoms with van der Waals surface area (Å²) >= 11 is 6.33. The third-order valence-corrected chi connectivity index (χ3v) is 3.29. The average Bonchev–Trinajstić information content (AvgIpc) is 2.58. The van der Waals surface area contributed by atoms with E-state index in [2.05, 4.69) is 0 Å². The zero-order valence-corrected chi connectivity index (χ0v) is 10.7. The third kappa shape index (κ3) is 2.18. The van der Waals surface area contributed by atoms with Gasteiger partial charge in [0, 0.05) is 30.1 Å². The average molecular weight is 254 g/mol. The van der Waals surface area contributed by atoms with Crippen LogP contribution in [0.25, 0.3) is 10.9 Å². The number of nitrogens with zero attached hydrogens (tertiary/aromatic N) is 1. The quantitative estimate of drug-likeness (QED) is 0.909. The molecule has 0 aliphatic rings. The predicted molar refractivity (Wildman–Crippen MR) is 69.5 cm³/mol. The first-order valence-corrected chi connectivity index (χ1v) is 5.98. The van der Waals surface area contributed by atoms with Gasteiger partial charge in [-0.1, -0.05) is 29.8 Å². The molecule has 2 rings (SSSR count). The molecule has 0 spiro atoms. The molecule has 1 unspecified atom stereocenters. The summed E-state index contributed by atoms with van der Waals surface area (Å²) in [5, 5.41) is 11.4. The van der Waals surface area contributed by atoms with E-state index in [1.165, 1.54) is 0 Å². The second-order valence-electron chi connectivity index (χ2n) is 4.04. The maximum Gasteiger partial charge on any atom is 0.115 e. The van der Waals surface area contributed by atoms with Crippen LogP contribution in [-0.4, -0.2) is 23.4 Å². The first kappa shape index (κ1) is 12.4. The minimum absolute atomic E-state index is 0.573. The Balaban J connectivity index is 2.62. The van der Waals surface area contributed by atoms with E-state index in [1.54, 1.807) is 14.0 Å². The number of ether oxygens (including phenoxy) is 1. The molecule has 0 bridgehead atoms. The maximum absolute atomic E-state index is 9.81. The molecule has 0 amide bonds. The van der Waals surface area contributed by atoms with Gasteiger partial charge in [-0.25, -0.2) is 0 Å². The lowest BCUT2D eigenvalue weighted by Crippen LogP contribution is -2.04. The molecule has 1 atom stereocenters. The molecule has 0 saturated heterocycles. The molecule has 1 aromatic heterocycles. The first-order valence-electron chi connectivity index (χ1n) is 5.60. The number of para-hydroxylation sites is 1. The standard InChI is InChI=1S/C13H16ClNO2/c1-9(16)12-10-5-3-4-6-11(10)15(13(12)14)7-8-17-2/h3-6,9,16H,7-8H2,1-2H3. The topological polar surface area (TPSA) is 34.4 Å². The molecule has 0 radical (unpaired) electrons. The molecule has 0 aliphatic carbocycles. The number of aliphatic hydroxyl groups excluding tert-OH is 1. The molecule has 2 aromatic rings. The predicted octanol–water partition coefficient (Wildman–Crippen LogP) is 2.99. The summed E-state index contributed by atoms with van der Waals surface area (Å²) in [6, 6.07) is 7.90. The number of hydrogen-bond donors (Lipinski definition) is 1. The summed E-state index contributed by atoms with van der Waals surface area (Å²) < 4.78 is 7.05. The van der Waals surface area contributed by atoms with Crippen LogP contribution in [0.15, 0.2) is 24.3 Å². The van der Waals surface area contributed by atoms with E-state index in [4.69, 9.17) is 16.3 Å². The number of rotatable bonds is 4.